The molecular weight excluding hydrogens is 560 g/mol. The molecule has 46 heavy (non-hydrogen) atoms. The quantitative estimate of drug-likeness (QED) is 0.169. The van der Waals surface area contributed by atoms with Crippen LogP contribution in [0, 0.1) is 11.8 Å². The first-order chi connectivity index (χ1) is 21.9. The zero-order chi connectivity index (χ0) is 34.7. The summed E-state index contributed by atoms with van der Waals surface area (Å²) in [5.41, 5.74) is 10.3. The molecule has 2 saturated carbocycles. The van der Waals surface area contributed by atoms with Gasteiger partial charge in [-0.15, -0.1) is 0 Å². The Balaban J connectivity index is 0.000000433. The Morgan fingerprint density at radius 2 is 1.63 bits per heavy atom. The van der Waals surface area contributed by atoms with Gasteiger partial charge in [0.2, 0.25) is 0 Å². The third-order valence-corrected chi connectivity index (χ3v) is 10.2. The first kappa shape index (κ1) is 41.4. The van der Waals surface area contributed by atoms with Crippen LogP contribution in [0.25, 0.3) is 0 Å². The van der Waals surface area contributed by atoms with E-state index in [-0.39, 0.29) is 5.54 Å². The number of nitrogens with two attached hydrogens (primary N) is 1. The van der Waals surface area contributed by atoms with E-state index >= 15 is 0 Å². The van der Waals surface area contributed by atoms with Crippen molar-refractivity contribution in [2.75, 3.05) is 6.54 Å². The lowest BCUT2D eigenvalue weighted by Crippen LogP contribution is -2.49. The Hall–Kier alpha value is -2.62. The van der Waals surface area contributed by atoms with E-state index in [1.165, 1.54) is 75.5 Å². The van der Waals surface area contributed by atoms with Crippen LogP contribution in [0.15, 0.2) is 79.9 Å². The van der Waals surface area contributed by atoms with Crippen LogP contribution < -0.4 is 11.1 Å². The topological polar surface area (TPSA) is 44.5 Å². The highest BCUT2D eigenvalue weighted by Crippen LogP contribution is 2.43. The molecule has 2 aliphatic rings. The number of nitrogens with one attached hydrogen (secondary N) is 1. The summed E-state index contributed by atoms with van der Waals surface area (Å²) in [6, 6.07) is 12.5. The van der Waals surface area contributed by atoms with E-state index in [1.807, 2.05) is 6.92 Å². The lowest BCUT2D eigenvalue weighted by Gasteiger charge is -2.46. The SMILES string of the molecule is C=C(C)NC1CC(C(=C)N)C1.C=CN(CCCc1ccccc1)C1CCC(CC)(N(C(=C)C)C(C)C)C1.CCCC(CC)CCC. The van der Waals surface area contributed by atoms with Crippen molar-refractivity contribution in [3.05, 3.63) is 85.5 Å². The van der Waals surface area contributed by atoms with E-state index in [1.54, 1.807) is 0 Å². The van der Waals surface area contributed by atoms with Gasteiger partial charge in [-0.05, 0) is 96.7 Å². The Morgan fingerprint density at radius 1 is 1.02 bits per heavy atom. The number of allylic oxidation sites excluding steroid dienone is 3. The van der Waals surface area contributed by atoms with Crippen molar-refractivity contribution in [3.63, 3.8) is 0 Å². The standard InChI is InChI=1S/C24H38N2.C9H16N2.C9H20/c1-7-24(26(20(3)4)21(5)6)17-16-23(19-24)25(8-2)18-12-15-22-13-10-9-11-14-22;1-6(2)11-9-4-8(5-9)7(3)10;1-4-7-9(6-3)8-5-2/h8-11,13-14,21,23H,2-3,7,12,15-19H2,1,4-6H3;8-9,11H,1,3-5,10H2,2H3;9H,4-8H2,1-3H3. The van der Waals surface area contributed by atoms with Gasteiger partial charge in [-0.25, -0.2) is 0 Å². The lowest BCUT2D eigenvalue weighted by atomic mass is 9.78. The molecule has 0 aromatic heterocycles. The van der Waals surface area contributed by atoms with Crippen molar-refractivity contribution in [2.45, 2.75) is 163 Å². The van der Waals surface area contributed by atoms with E-state index < -0.39 is 0 Å². The van der Waals surface area contributed by atoms with Crippen LogP contribution in [-0.4, -0.2) is 40.0 Å². The maximum absolute atomic E-state index is 5.55. The van der Waals surface area contributed by atoms with Crippen LogP contribution in [0.5, 0.6) is 0 Å². The summed E-state index contributed by atoms with van der Waals surface area (Å²) < 4.78 is 0. The van der Waals surface area contributed by atoms with Gasteiger partial charge >= 0.3 is 0 Å². The monoisotopic (exact) mass is 635 g/mol. The van der Waals surface area contributed by atoms with Crippen LogP contribution in [0.4, 0.5) is 0 Å². The van der Waals surface area contributed by atoms with Gasteiger partial charge in [-0.2, -0.15) is 0 Å². The molecule has 0 saturated heterocycles. The molecule has 0 heterocycles. The highest BCUT2D eigenvalue weighted by atomic mass is 15.3. The van der Waals surface area contributed by atoms with Crippen molar-refractivity contribution in [1.82, 2.24) is 15.1 Å². The summed E-state index contributed by atoms with van der Waals surface area (Å²) in [5, 5.41) is 3.27. The first-order valence-corrected chi connectivity index (χ1v) is 18.6. The average molecular weight is 635 g/mol. The summed E-state index contributed by atoms with van der Waals surface area (Å²) in [4.78, 5) is 5.08. The molecule has 0 aliphatic heterocycles. The molecule has 262 valence electrons. The van der Waals surface area contributed by atoms with E-state index in [4.69, 9.17) is 5.73 Å². The largest absolute Gasteiger partial charge is 0.402 e. The van der Waals surface area contributed by atoms with Crippen molar-refractivity contribution >= 4 is 0 Å². The predicted molar refractivity (Wildman–Crippen MR) is 206 cm³/mol. The van der Waals surface area contributed by atoms with E-state index in [2.05, 4.69) is 126 Å². The van der Waals surface area contributed by atoms with Crippen molar-refractivity contribution in [2.24, 2.45) is 17.6 Å². The first-order valence-electron chi connectivity index (χ1n) is 18.6. The Morgan fingerprint density at radius 3 is 2.07 bits per heavy atom. The van der Waals surface area contributed by atoms with Crippen molar-refractivity contribution in [3.8, 4) is 0 Å². The lowest BCUT2D eigenvalue weighted by molar-refractivity contribution is 0.0880. The van der Waals surface area contributed by atoms with Gasteiger partial charge in [0.1, 0.15) is 0 Å². The molecule has 3 N–H and O–H groups in total. The molecule has 2 atom stereocenters. The highest BCUT2D eigenvalue weighted by molar-refractivity contribution is 5.15. The Kier molecular flexibility index (Phi) is 19.8. The smallest absolute Gasteiger partial charge is 0.0419 e. The van der Waals surface area contributed by atoms with Crippen molar-refractivity contribution < 1.29 is 0 Å². The summed E-state index contributed by atoms with van der Waals surface area (Å²) in [7, 11) is 0. The molecule has 0 amide bonds. The number of hydrogen-bond acceptors (Lipinski definition) is 4. The van der Waals surface area contributed by atoms with Gasteiger partial charge < -0.3 is 20.9 Å². The number of hydrogen-bond donors (Lipinski definition) is 2. The van der Waals surface area contributed by atoms with Crippen LogP contribution in [-0.2, 0) is 6.42 Å². The number of aryl methyl sites for hydroxylation is 1. The molecule has 0 spiro atoms. The average Bonchev–Trinajstić information content (AvgIpc) is 3.42. The minimum Gasteiger partial charge on any atom is -0.402 e. The second-order valence-electron chi connectivity index (χ2n) is 14.4. The van der Waals surface area contributed by atoms with Crippen LogP contribution >= 0.6 is 0 Å². The molecule has 2 aliphatic carbocycles. The van der Waals surface area contributed by atoms with E-state index in [0.717, 1.165) is 43.1 Å². The molecule has 3 rings (SSSR count). The second-order valence-corrected chi connectivity index (χ2v) is 14.4. The summed E-state index contributed by atoms with van der Waals surface area (Å²) in [6.45, 7) is 34.9. The maximum Gasteiger partial charge on any atom is 0.0419 e. The van der Waals surface area contributed by atoms with Crippen molar-refractivity contribution in [1.29, 1.82) is 0 Å². The fourth-order valence-corrected chi connectivity index (χ4v) is 7.75. The molecule has 2 fully saturated rings. The van der Waals surface area contributed by atoms with Gasteiger partial charge in [0.25, 0.3) is 0 Å². The van der Waals surface area contributed by atoms with E-state index in [9.17, 15) is 0 Å². The predicted octanol–water partition coefficient (Wildman–Crippen LogP) is 11.0. The van der Waals surface area contributed by atoms with Crippen LogP contribution in [0.1, 0.15) is 138 Å². The molecule has 1 aromatic carbocycles. The van der Waals surface area contributed by atoms with E-state index in [0.29, 0.717) is 24.0 Å². The second kappa shape index (κ2) is 22.0. The fourth-order valence-electron chi connectivity index (χ4n) is 7.75. The van der Waals surface area contributed by atoms with Gasteiger partial charge in [0, 0.05) is 53.2 Å². The summed E-state index contributed by atoms with van der Waals surface area (Å²) in [6.07, 6.45) is 18.5. The third-order valence-electron chi connectivity index (χ3n) is 10.2. The number of nitrogens with zero attached hydrogens (tertiary/aromatic N) is 2. The van der Waals surface area contributed by atoms with Gasteiger partial charge in [-0.1, -0.05) is 116 Å². The van der Waals surface area contributed by atoms with Crippen LogP contribution in [0.2, 0.25) is 0 Å². The maximum atomic E-state index is 5.55. The normalized spacial score (nSPS) is 21.7. The minimum absolute atomic E-state index is 0.255. The van der Waals surface area contributed by atoms with Crippen LogP contribution in [0.3, 0.4) is 0 Å². The molecule has 4 heteroatoms. The zero-order valence-corrected chi connectivity index (χ0v) is 31.6. The summed E-state index contributed by atoms with van der Waals surface area (Å²) >= 11 is 0. The molecule has 0 bridgehead atoms. The molecule has 4 nitrogen and oxygen atoms in total. The fraction of sp³-hybridized carbons (Fsp3) is 0.667. The zero-order valence-electron chi connectivity index (χ0n) is 31.6. The molecular formula is C42H74N4. The number of rotatable bonds is 18. The van der Waals surface area contributed by atoms with Gasteiger partial charge in [0.15, 0.2) is 0 Å². The highest BCUT2D eigenvalue weighted by Gasteiger charge is 2.44. The Bertz CT molecular complexity index is 1000. The third kappa shape index (κ3) is 14.0. The van der Waals surface area contributed by atoms with Gasteiger partial charge in [-0.3, -0.25) is 0 Å². The van der Waals surface area contributed by atoms with Gasteiger partial charge in [0.05, 0.1) is 0 Å². The number of benzene rings is 1. The molecule has 0 radical (unpaired) electrons. The minimum atomic E-state index is 0.255. The molecule has 1 aromatic rings. The molecule has 2 unspecified atom stereocenters. The Labute approximate surface area is 286 Å². The summed E-state index contributed by atoms with van der Waals surface area (Å²) in [5.74, 6) is 1.55.